The number of nitrogens with zero attached hydrogens (tertiary/aromatic N) is 5. The Balaban J connectivity index is 1.49. The monoisotopic (exact) mass is 531 g/mol. The topological polar surface area (TPSA) is 96.3 Å². The Morgan fingerprint density at radius 2 is 2.09 bits per heavy atom. The minimum Gasteiger partial charge on any atom is -0.492 e. The molecule has 4 heterocycles. The minimum atomic E-state index is -0.289. The number of hydrogen-bond acceptors (Lipinski definition) is 8. The highest BCUT2D eigenvalue weighted by atomic mass is 79.9. The van der Waals surface area contributed by atoms with E-state index in [1.54, 1.807) is 30.2 Å². The number of thiazole rings is 1. The van der Waals surface area contributed by atoms with Gasteiger partial charge in [-0.2, -0.15) is 9.50 Å². The Labute approximate surface area is 202 Å². The maximum atomic E-state index is 12.1. The molecule has 1 aliphatic heterocycles. The average molecular weight is 532 g/mol. The first-order valence-electron chi connectivity index (χ1n) is 10.6. The van der Waals surface area contributed by atoms with E-state index in [4.69, 9.17) is 9.15 Å². The number of benzene rings is 1. The van der Waals surface area contributed by atoms with Crippen LogP contribution in [0.25, 0.3) is 16.5 Å². The van der Waals surface area contributed by atoms with Crippen LogP contribution in [-0.2, 0) is 4.74 Å². The molecule has 4 aromatic rings. The van der Waals surface area contributed by atoms with Crippen molar-refractivity contribution in [2.75, 3.05) is 32.8 Å². The summed E-state index contributed by atoms with van der Waals surface area (Å²) in [5, 5.41) is 15.6. The summed E-state index contributed by atoms with van der Waals surface area (Å²) in [7, 11) is 0. The second-order valence-corrected chi connectivity index (χ2v) is 9.50. The standard InChI is InChI=1S/C22H22BrN5O4S/c1-2-31-22(30)27-10-8-26(9-11-27)17(14-5-3-6-15(23)13-14)18-20(29)28-21(33-18)24-19(25-28)16-7-4-12-32-16/h3-7,12-13,17,29H,2,8-11H2,1H3/t17-/m1/s1. The van der Waals surface area contributed by atoms with E-state index in [0.717, 1.165) is 14.9 Å². The van der Waals surface area contributed by atoms with E-state index in [9.17, 15) is 9.90 Å². The van der Waals surface area contributed by atoms with Crippen LogP contribution in [0.3, 0.4) is 0 Å². The number of aromatic hydroxyl groups is 1. The van der Waals surface area contributed by atoms with Crippen molar-refractivity contribution in [2.24, 2.45) is 0 Å². The van der Waals surface area contributed by atoms with Crippen LogP contribution in [0.2, 0.25) is 0 Å². The summed E-state index contributed by atoms with van der Waals surface area (Å²) in [6.45, 7) is 4.54. The fourth-order valence-electron chi connectivity index (χ4n) is 4.02. The number of piperazine rings is 1. The van der Waals surface area contributed by atoms with Gasteiger partial charge in [0, 0.05) is 30.7 Å². The molecule has 33 heavy (non-hydrogen) atoms. The number of rotatable bonds is 5. The van der Waals surface area contributed by atoms with Crippen LogP contribution in [-0.4, -0.2) is 68.4 Å². The number of ether oxygens (including phenoxy) is 1. The molecule has 3 aromatic heterocycles. The molecule has 0 aliphatic carbocycles. The average Bonchev–Trinajstić information content (AvgIpc) is 3.54. The molecule has 1 fully saturated rings. The lowest BCUT2D eigenvalue weighted by molar-refractivity contribution is 0.0715. The molecule has 0 spiro atoms. The maximum Gasteiger partial charge on any atom is 0.409 e. The van der Waals surface area contributed by atoms with Crippen molar-refractivity contribution < 1.29 is 19.1 Å². The maximum absolute atomic E-state index is 12.1. The molecule has 172 valence electrons. The van der Waals surface area contributed by atoms with Gasteiger partial charge in [-0.1, -0.05) is 39.4 Å². The first-order chi connectivity index (χ1) is 16.0. The number of amides is 1. The third-order valence-corrected chi connectivity index (χ3v) is 7.13. The van der Waals surface area contributed by atoms with Gasteiger partial charge < -0.3 is 19.2 Å². The number of furan rings is 1. The molecule has 0 radical (unpaired) electrons. The fraction of sp³-hybridized carbons (Fsp3) is 0.318. The second-order valence-electron chi connectivity index (χ2n) is 7.58. The summed E-state index contributed by atoms with van der Waals surface area (Å²) in [6.07, 6.45) is 1.28. The van der Waals surface area contributed by atoms with Crippen LogP contribution in [0, 0.1) is 0 Å². The predicted octanol–water partition coefficient (Wildman–Crippen LogP) is 4.38. The van der Waals surface area contributed by atoms with Crippen molar-refractivity contribution in [3.8, 4) is 17.5 Å². The first kappa shape index (κ1) is 21.9. The lowest BCUT2D eigenvalue weighted by Crippen LogP contribution is -2.49. The van der Waals surface area contributed by atoms with Crippen molar-refractivity contribution >= 4 is 38.3 Å². The van der Waals surface area contributed by atoms with E-state index in [0.29, 0.717) is 49.3 Å². The number of carbonyl (C=O) groups is 1. The van der Waals surface area contributed by atoms with Crippen molar-refractivity contribution in [2.45, 2.75) is 13.0 Å². The smallest absolute Gasteiger partial charge is 0.409 e. The SMILES string of the molecule is CCOC(=O)N1CCN([C@H](c2cccc(Br)c2)c2sc3nc(-c4ccco4)nn3c2O)CC1. The Kier molecular flexibility index (Phi) is 6.09. The normalized spacial score (nSPS) is 15.8. The van der Waals surface area contributed by atoms with E-state index in [2.05, 4.69) is 30.9 Å². The zero-order chi connectivity index (χ0) is 22.9. The van der Waals surface area contributed by atoms with Gasteiger partial charge in [-0.3, -0.25) is 4.90 Å². The van der Waals surface area contributed by atoms with Gasteiger partial charge in [0.2, 0.25) is 16.7 Å². The molecule has 0 saturated carbocycles. The van der Waals surface area contributed by atoms with Crippen molar-refractivity contribution in [3.05, 3.63) is 57.6 Å². The highest BCUT2D eigenvalue weighted by Gasteiger charge is 2.33. The minimum absolute atomic E-state index is 0.0538. The fourth-order valence-corrected chi connectivity index (χ4v) is 5.55. The van der Waals surface area contributed by atoms with E-state index in [-0.39, 0.29) is 18.0 Å². The summed E-state index contributed by atoms with van der Waals surface area (Å²) in [5.41, 5.74) is 1.03. The molecule has 1 amide bonds. The first-order valence-corrected chi connectivity index (χ1v) is 12.2. The number of aromatic nitrogens is 3. The molecule has 9 nitrogen and oxygen atoms in total. The molecule has 1 N–H and O–H groups in total. The lowest BCUT2D eigenvalue weighted by atomic mass is 10.0. The van der Waals surface area contributed by atoms with Gasteiger partial charge in [0.15, 0.2) is 5.76 Å². The zero-order valence-corrected chi connectivity index (χ0v) is 20.3. The number of fused-ring (bicyclic) bond motifs is 1. The molecule has 1 atom stereocenters. The molecule has 1 saturated heterocycles. The van der Waals surface area contributed by atoms with E-state index >= 15 is 0 Å². The Morgan fingerprint density at radius 1 is 1.27 bits per heavy atom. The van der Waals surface area contributed by atoms with Crippen molar-refractivity contribution in [1.82, 2.24) is 24.4 Å². The van der Waals surface area contributed by atoms with Crippen molar-refractivity contribution in [1.29, 1.82) is 0 Å². The molecular weight excluding hydrogens is 510 g/mol. The highest BCUT2D eigenvalue weighted by Crippen LogP contribution is 2.41. The Bertz CT molecular complexity index is 1260. The Morgan fingerprint density at radius 3 is 2.76 bits per heavy atom. The largest absolute Gasteiger partial charge is 0.492 e. The van der Waals surface area contributed by atoms with Gasteiger partial charge >= 0.3 is 6.09 Å². The van der Waals surface area contributed by atoms with Crippen LogP contribution < -0.4 is 0 Å². The van der Waals surface area contributed by atoms with Crippen LogP contribution in [0.1, 0.15) is 23.4 Å². The number of halogens is 1. The van der Waals surface area contributed by atoms with Crippen LogP contribution in [0.15, 0.2) is 51.6 Å². The van der Waals surface area contributed by atoms with Gasteiger partial charge in [-0.05, 0) is 36.8 Å². The Hall–Kier alpha value is -2.89. The van der Waals surface area contributed by atoms with Gasteiger partial charge in [-0.15, -0.1) is 5.10 Å². The van der Waals surface area contributed by atoms with E-state index in [1.165, 1.54) is 15.9 Å². The third-order valence-electron chi connectivity index (χ3n) is 5.56. The summed E-state index contributed by atoms with van der Waals surface area (Å²) < 4.78 is 12.9. The predicted molar refractivity (Wildman–Crippen MR) is 126 cm³/mol. The molecule has 1 aromatic carbocycles. The zero-order valence-electron chi connectivity index (χ0n) is 17.8. The van der Waals surface area contributed by atoms with E-state index < -0.39 is 0 Å². The van der Waals surface area contributed by atoms with Crippen LogP contribution in [0.5, 0.6) is 5.88 Å². The molecule has 1 aliphatic rings. The van der Waals surface area contributed by atoms with Gasteiger partial charge in [0.25, 0.3) is 0 Å². The summed E-state index contributed by atoms with van der Waals surface area (Å²) in [6, 6.07) is 11.4. The van der Waals surface area contributed by atoms with Gasteiger partial charge in [0.05, 0.1) is 23.8 Å². The van der Waals surface area contributed by atoms with Crippen LogP contribution >= 0.6 is 27.3 Å². The molecule has 5 rings (SSSR count). The molecule has 0 bridgehead atoms. The molecular formula is C22H22BrN5O4S. The summed E-state index contributed by atoms with van der Waals surface area (Å²) >= 11 is 4.96. The quantitative estimate of drug-likeness (QED) is 0.408. The number of carbonyl (C=O) groups excluding carboxylic acids is 1. The van der Waals surface area contributed by atoms with E-state index in [1.807, 2.05) is 24.3 Å². The number of hydrogen-bond donors (Lipinski definition) is 1. The van der Waals surface area contributed by atoms with Gasteiger partial charge in [-0.25, -0.2) is 4.79 Å². The summed E-state index contributed by atoms with van der Waals surface area (Å²) in [5.74, 6) is 1.03. The van der Waals surface area contributed by atoms with Crippen LogP contribution in [0.4, 0.5) is 4.79 Å². The van der Waals surface area contributed by atoms with Crippen molar-refractivity contribution in [3.63, 3.8) is 0 Å². The third kappa shape index (κ3) is 4.23. The van der Waals surface area contributed by atoms with Gasteiger partial charge in [0.1, 0.15) is 0 Å². The summed E-state index contributed by atoms with van der Waals surface area (Å²) in [4.78, 5) is 22.0. The second kappa shape index (κ2) is 9.16. The molecule has 11 heteroatoms. The lowest BCUT2D eigenvalue weighted by Gasteiger charge is -2.38. The highest BCUT2D eigenvalue weighted by molar-refractivity contribution is 9.10. The molecule has 0 unspecified atom stereocenters.